The minimum Gasteiger partial charge on any atom is -0.381 e. The van der Waals surface area contributed by atoms with Gasteiger partial charge < -0.3 is 24.8 Å². The lowest BCUT2D eigenvalue weighted by Crippen LogP contribution is -2.48. The van der Waals surface area contributed by atoms with Crippen LogP contribution in [0, 0.1) is 11.8 Å². The molecule has 2 rings (SSSR count). The molecule has 0 radical (unpaired) electrons. The molecule has 0 aliphatic carbocycles. The van der Waals surface area contributed by atoms with Gasteiger partial charge in [-0.2, -0.15) is 0 Å². The standard InChI is InChI=1S/C20H40N4O3.HI/c1-4-21-20(22-7-5-10-26-15-18-6-11-27-16-18)23-14-19(17(2)3)24-8-12-25-13-9-24;/h17-19H,4-16H2,1-3H3,(H2,21,22,23);1H. The Bertz CT molecular complexity index is 414. The number of nitrogens with one attached hydrogen (secondary N) is 2. The summed E-state index contributed by atoms with van der Waals surface area (Å²) in [6.45, 7) is 16.2. The van der Waals surface area contributed by atoms with Crippen LogP contribution in [0.2, 0.25) is 0 Å². The third-order valence-electron chi connectivity index (χ3n) is 5.20. The monoisotopic (exact) mass is 512 g/mol. The Morgan fingerprint density at radius 2 is 1.96 bits per heavy atom. The van der Waals surface area contributed by atoms with E-state index >= 15 is 0 Å². The van der Waals surface area contributed by atoms with E-state index in [9.17, 15) is 0 Å². The van der Waals surface area contributed by atoms with Crippen LogP contribution in [0.4, 0.5) is 0 Å². The van der Waals surface area contributed by atoms with Crippen LogP contribution in [0.1, 0.15) is 33.6 Å². The number of rotatable bonds is 11. The number of hydrogen-bond donors (Lipinski definition) is 2. The van der Waals surface area contributed by atoms with Gasteiger partial charge in [0.05, 0.1) is 33.0 Å². The number of aliphatic imine (C=N–C) groups is 1. The molecule has 2 heterocycles. The number of ether oxygens (including phenoxy) is 3. The Morgan fingerprint density at radius 1 is 1.18 bits per heavy atom. The van der Waals surface area contributed by atoms with Crippen LogP contribution in [0.25, 0.3) is 0 Å². The van der Waals surface area contributed by atoms with E-state index in [-0.39, 0.29) is 24.0 Å². The fraction of sp³-hybridized carbons (Fsp3) is 0.950. The Morgan fingerprint density at radius 3 is 2.61 bits per heavy atom. The van der Waals surface area contributed by atoms with E-state index in [1.54, 1.807) is 0 Å². The highest BCUT2D eigenvalue weighted by atomic mass is 127. The minimum absolute atomic E-state index is 0. The molecule has 2 N–H and O–H groups in total. The molecule has 8 heteroatoms. The number of halogens is 1. The number of morpholine rings is 1. The van der Waals surface area contributed by atoms with Crippen molar-refractivity contribution < 1.29 is 14.2 Å². The predicted octanol–water partition coefficient (Wildman–Crippen LogP) is 1.96. The highest BCUT2D eigenvalue weighted by Gasteiger charge is 2.23. The molecular weight excluding hydrogens is 471 g/mol. The molecule has 2 fully saturated rings. The second-order valence-electron chi connectivity index (χ2n) is 7.76. The highest BCUT2D eigenvalue weighted by molar-refractivity contribution is 14.0. The largest absolute Gasteiger partial charge is 0.381 e. The van der Waals surface area contributed by atoms with Gasteiger partial charge in [-0.25, -0.2) is 0 Å². The molecule has 0 saturated carbocycles. The second-order valence-corrected chi connectivity index (χ2v) is 7.76. The SMILES string of the molecule is CCNC(=NCC(C(C)C)N1CCOCC1)NCCCOCC1CCOC1.I. The van der Waals surface area contributed by atoms with E-state index in [0.29, 0.717) is 17.9 Å². The lowest BCUT2D eigenvalue weighted by Gasteiger charge is -2.36. The summed E-state index contributed by atoms with van der Waals surface area (Å²) in [5.41, 5.74) is 0. The van der Waals surface area contributed by atoms with Crippen molar-refractivity contribution in [2.24, 2.45) is 16.8 Å². The molecule has 0 amide bonds. The molecule has 28 heavy (non-hydrogen) atoms. The van der Waals surface area contributed by atoms with Crippen LogP contribution < -0.4 is 10.6 Å². The average Bonchev–Trinajstić information content (AvgIpc) is 3.18. The van der Waals surface area contributed by atoms with Crippen molar-refractivity contribution >= 4 is 29.9 Å². The van der Waals surface area contributed by atoms with E-state index in [4.69, 9.17) is 19.2 Å². The molecule has 0 aromatic rings. The summed E-state index contributed by atoms with van der Waals surface area (Å²) in [6, 6.07) is 0.460. The summed E-state index contributed by atoms with van der Waals surface area (Å²) in [6.07, 6.45) is 2.12. The van der Waals surface area contributed by atoms with Crippen LogP contribution in [-0.2, 0) is 14.2 Å². The quantitative estimate of drug-likeness (QED) is 0.191. The maximum absolute atomic E-state index is 5.77. The average molecular weight is 512 g/mol. The lowest BCUT2D eigenvalue weighted by molar-refractivity contribution is 0.00867. The van der Waals surface area contributed by atoms with Gasteiger partial charge in [0.2, 0.25) is 0 Å². The van der Waals surface area contributed by atoms with E-state index in [1.807, 2.05) is 0 Å². The van der Waals surface area contributed by atoms with Gasteiger partial charge in [0.15, 0.2) is 5.96 Å². The van der Waals surface area contributed by atoms with Crippen molar-refractivity contribution in [3.05, 3.63) is 0 Å². The molecule has 0 spiro atoms. The van der Waals surface area contributed by atoms with E-state index < -0.39 is 0 Å². The van der Waals surface area contributed by atoms with Crippen molar-refractivity contribution in [1.29, 1.82) is 0 Å². The smallest absolute Gasteiger partial charge is 0.191 e. The lowest BCUT2D eigenvalue weighted by atomic mass is 10.0. The van der Waals surface area contributed by atoms with Gasteiger partial charge in [-0.15, -0.1) is 24.0 Å². The summed E-state index contributed by atoms with van der Waals surface area (Å²) >= 11 is 0. The summed E-state index contributed by atoms with van der Waals surface area (Å²) in [5.74, 6) is 2.06. The Balaban J connectivity index is 0.00000392. The molecule has 2 unspecified atom stereocenters. The molecule has 0 aromatic heterocycles. The number of hydrogen-bond acceptors (Lipinski definition) is 5. The first-order chi connectivity index (χ1) is 13.2. The van der Waals surface area contributed by atoms with Crippen molar-refractivity contribution in [2.75, 3.05) is 72.4 Å². The Labute approximate surface area is 188 Å². The number of guanidine groups is 1. The van der Waals surface area contributed by atoms with Crippen molar-refractivity contribution in [3.8, 4) is 0 Å². The van der Waals surface area contributed by atoms with Gasteiger partial charge in [-0.1, -0.05) is 13.8 Å². The van der Waals surface area contributed by atoms with Crippen molar-refractivity contribution in [3.63, 3.8) is 0 Å². The molecular formula is C20H41IN4O3. The fourth-order valence-electron chi connectivity index (χ4n) is 3.53. The van der Waals surface area contributed by atoms with Crippen molar-refractivity contribution in [2.45, 2.75) is 39.7 Å². The zero-order valence-electron chi connectivity index (χ0n) is 18.0. The first-order valence-electron chi connectivity index (χ1n) is 10.7. The van der Waals surface area contributed by atoms with E-state index in [1.165, 1.54) is 0 Å². The number of nitrogens with zero attached hydrogens (tertiary/aromatic N) is 2. The van der Waals surface area contributed by atoms with Crippen LogP contribution >= 0.6 is 24.0 Å². The van der Waals surface area contributed by atoms with Crippen molar-refractivity contribution in [1.82, 2.24) is 15.5 Å². The minimum atomic E-state index is 0. The molecule has 2 atom stereocenters. The van der Waals surface area contributed by atoms with Gasteiger partial charge in [-0.3, -0.25) is 9.89 Å². The fourth-order valence-corrected chi connectivity index (χ4v) is 3.53. The molecule has 2 aliphatic heterocycles. The maximum atomic E-state index is 5.77. The normalized spacial score (nSPS) is 22.1. The van der Waals surface area contributed by atoms with Gasteiger partial charge >= 0.3 is 0 Å². The van der Waals surface area contributed by atoms with Gasteiger partial charge in [-0.05, 0) is 25.7 Å². The third kappa shape index (κ3) is 10.0. The zero-order valence-corrected chi connectivity index (χ0v) is 20.3. The van der Waals surface area contributed by atoms with Crippen LogP contribution in [-0.4, -0.2) is 89.3 Å². The third-order valence-corrected chi connectivity index (χ3v) is 5.20. The molecule has 2 saturated heterocycles. The first kappa shape index (κ1) is 25.9. The summed E-state index contributed by atoms with van der Waals surface area (Å²) in [4.78, 5) is 7.36. The van der Waals surface area contributed by atoms with Gasteiger partial charge in [0.25, 0.3) is 0 Å². The molecule has 0 aromatic carbocycles. The Kier molecular flexibility index (Phi) is 14.5. The topological polar surface area (TPSA) is 67.4 Å². The van der Waals surface area contributed by atoms with Crippen LogP contribution in [0.5, 0.6) is 0 Å². The van der Waals surface area contributed by atoms with E-state index in [0.717, 1.165) is 91.2 Å². The molecule has 0 bridgehead atoms. The first-order valence-corrected chi connectivity index (χ1v) is 10.7. The van der Waals surface area contributed by atoms with Crippen LogP contribution in [0.15, 0.2) is 4.99 Å². The van der Waals surface area contributed by atoms with Gasteiger partial charge in [0.1, 0.15) is 0 Å². The highest BCUT2D eigenvalue weighted by Crippen LogP contribution is 2.13. The predicted molar refractivity (Wildman–Crippen MR) is 125 cm³/mol. The second kappa shape index (κ2) is 15.6. The Hall–Kier alpha value is -0.160. The van der Waals surface area contributed by atoms with Crippen LogP contribution in [0.3, 0.4) is 0 Å². The summed E-state index contributed by atoms with van der Waals surface area (Å²) in [7, 11) is 0. The summed E-state index contributed by atoms with van der Waals surface area (Å²) < 4.78 is 16.6. The maximum Gasteiger partial charge on any atom is 0.191 e. The summed E-state index contributed by atoms with van der Waals surface area (Å²) in [5, 5.41) is 6.79. The van der Waals surface area contributed by atoms with Gasteiger partial charge in [0, 0.05) is 51.4 Å². The zero-order chi connectivity index (χ0) is 19.3. The molecule has 166 valence electrons. The van der Waals surface area contributed by atoms with E-state index in [2.05, 4.69) is 36.3 Å². The molecule has 2 aliphatic rings. The molecule has 7 nitrogen and oxygen atoms in total.